The summed E-state index contributed by atoms with van der Waals surface area (Å²) in [7, 11) is 0. The molecular weight excluding hydrogens is 232 g/mol. The third-order valence-electron chi connectivity index (χ3n) is 2.84. The highest BCUT2D eigenvalue weighted by molar-refractivity contribution is 7.80. The van der Waals surface area contributed by atoms with Crippen LogP contribution in [-0.2, 0) is 6.54 Å². The molecule has 1 aromatic heterocycles. The summed E-state index contributed by atoms with van der Waals surface area (Å²) in [5.41, 5.74) is 5.57. The number of hydrogen-bond acceptors (Lipinski definition) is 2. The molecule has 0 aliphatic heterocycles. The van der Waals surface area contributed by atoms with E-state index in [2.05, 4.69) is 0 Å². The highest BCUT2D eigenvalue weighted by Gasteiger charge is 2.08. The van der Waals surface area contributed by atoms with Gasteiger partial charge in [0, 0.05) is 24.0 Å². The minimum absolute atomic E-state index is 0.00574. The molecule has 3 nitrogen and oxygen atoms in total. The molecule has 0 saturated heterocycles. The fourth-order valence-electron chi connectivity index (χ4n) is 1.76. The van der Waals surface area contributed by atoms with Crippen LogP contribution in [0.25, 0.3) is 10.8 Å². The molecule has 1 atom stereocenters. The Hall–Kier alpha value is -1.68. The lowest BCUT2D eigenvalue weighted by atomic mass is 10.1. The number of hydrogen-bond donors (Lipinski definition) is 1. The average molecular weight is 246 g/mol. The van der Waals surface area contributed by atoms with Gasteiger partial charge < -0.3 is 10.3 Å². The SMILES string of the molecule is CC(Cn1ccc2ccccc2c1=O)C(N)=S. The Morgan fingerprint density at radius 1 is 1.41 bits per heavy atom. The zero-order valence-corrected chi connectivity index (χ0v) is 10.4. The highest BCUT2D eigenvalue weighted by Crippen LogP contribution is 2.09. The number of fused-ring (bicyclic) bond motifs is 1. The molecule has 2 aromatic rings. The largest absolute Gasteiger partial charge is 0.393 e. The van der Waals surface area contributed by atoms with Gasteiger partial charge in [-0.2, -0.15) is 0 Å². The topological polar surface area (TPSA) is 48.0 Å². The van der Waals surface area contributed by atoms with Gasteiger partial charge in [-0.1, -0.05) is 37.3 Å². The summed E-state index contributed by atoms with van der Waals surface area (Å²) in [5.74, 6) is 0.0175. The summed E-state index contributed by atoms with van der Waals surface area (Å²) in [5, 5.41) is 1.68. The maximum absolute atomic E-state index is 12.2. The number of thiocarbonyl (C=S) groups is 1. The van der Waals surface area contributed by atoms with E-state index in [-0.39, 0.29) is 11.5 Å². The van der Waals surface area contributed by atoms with Crippen LogP contribution < -0.4 is 11.3 Å². The van der Waals surface area contributed by atoms with Gasteiger partial charge in [0.1, 0.15) is 0 Å². The van der Waals surface area contributed by atoms with E-state index in [1.54, 1.807) is 10.8 Å². The Morgan fingerprint density at radius 3 is 2.82 bits per heavy atom. The molecule has 0 amide bonds. The van der Waals surface area contributed by atoms with E-state index in [4.69, 9.17) is 18.0 Å². The van der Waals surface area contributed by atoms with Gasteiger partial charge in [0.05, 0.1) is 4.99 Å². The maximum Gasteiger partial charge on any atom is 0.258 e. The zero-order chi connectivity index (χ0) is 12.4. The molecule has 4 heteroatoms. The second-order valence-corrected chi connectivity index (χ2v) is 4.64. The number of pyridine rings is 1. The summed E-state index contributed by atoms with van der Waals surface area (Å²) in [6.45, 7) is 2.45. The molecule has 88 valence electrons. The van der Waals surface area contributed by atoms with Crippen LogP contribution in [0.2, 0.25) is 0 Å². The van der Waals surface area contributed by atoms with Gasteiger partial charge in [-0.15, -0.1) is 0 Å². The van der Waals surface area contributed by atoms with Crippen molar-refractivity contribution in [2.24, 2.45) is 11.7 Å². The predicted octanol–water partition coefficient (Wildman–Crippen LogP) is 1.92. The molecule has 1 heterocycles. The minimum Gasteiger partial charge on any atom is -0.393 e. The molecule has 0 aliphatic rings. The second-order valence-electron chi connectivity index (χ2n) is 4.16. The normalized spacial score (nSPS) is 12.5. The monoisotopic (exact) mass is 246 g/mol. The van der Waals surface area contributed by atoms with E-state index in [0.29, 0.717) is 11.5 Å². The third-order valence-corrected chi connectivity index (χ3v) is 3.24. The number of nitrogens with two attached hydrogens (primary N) is 1. The summed E-state index contributed by atoms with van der Waals surface area (Å²) in [6.07, 6.45) is 1.79. The molecule has 2 N–H and O–H groups in total. The summed E-state index contributed by atoms with van der Waals surface area (Å²) in [6, 6.07) is 9.48. The van der Waals surface area contributed by atoms with Crippen molar-refractivity contribution in [2.45, 2.75) is 13.5 Å². The van der Waals surface area contributed by atoms with Gasteiger partial charge in [-0.25, -0.2) is 0 Å². The Kier molecular flexibility index (Phi) is 3.24. The smallest absolute Gasteiger partial charge is 0.258 e. The van der Waals surface area contributed by atoms with Gasteiger partial charge in [0.15, 0.2) is 0 Å². The lowest BCUT2D eigenvalue weighted by Gasteiger charge is -2.12. The van der Waals surface area contributed by atoms with E-state index in [1.165, 1.54) is 0 Å². The number of aromatic nitrogens is 1. The highest BCUT2D eigenvalue weighted by atomic mass is 32.1. The van der Waals surface area contributed by atoms with Crippen molar-refractivity contribution in [2.75, 3.05) is 0 Å². The van der Waals surface area contributed by atoms with Crippen LogP contribution in [0.4, 0.5) is 0 Å². The van der Waals surface area contributed by atoms with Crippen LogP contribution in [0.5, 0.6) is 0 Å². The quantitative estimate of drug-likeness (QED) is 0.842. The zero-order valence-electron chi connectivity index (χ0n) is 9.59. The van der Waals surface area contributed by atoms with Crippen LogP contribution in [0.1, 0.15) is 6.92 Å². The molecule has 0 bridgehead atoms. The van der Waals surface area contributed by atoms with Crippen molar-refractivity contribution in [3.8, 4) is 0 Å². The Morgan fingerprint density at radius 2 is 2.12 bits per heavy atom. The van der Waals surface area contributed by atoms with Crippen molar-refractivity contribution in [3.63, 3.8) is 0 Å². The molecule has 1 aromatic carbocycles. The molecule has 0 saturated carbocycles. The fourth-order valence-corrected chi connectivity index (χ4v) is 1.83. The van der Waals surface area contributed by atoms with Gasteiger partial charge in [-0.3, -0.25) is 4.79 Å². The molecule has 2 rings (SSSR count). The first-order valence-corrected chi connectivity index (χ1v) is 5.88. The van der Waals surface area contributed by atoms with Crippen LogP contribution in [0.3, 0.4) is 0 Å². The molecule has 1 unspecified atom stereocenters. The first kappa shape index (κ1) is 11.8. The lowest BCUT2D eigenvalue weighted by Crippen LogP contribution is -2.28. The average Bonchev–Trinajstić information content (AvgIpc) is 2.33. The number of nitrogens with zero attached hydrogens (tertiary/aromatic N) is 1. The lowest BCUT2D eigenvalue weighted by molar-refractivity contribution is 0.585. The molecule has 0 aliphatic carbocycles. The minimum atomic E-state index is 0.00574. The Bertz CT molecular complexity index is 618. The van der Waals surface area contributed by atoms with E-state index in [0.717, 1.165) is 10.8 Å². The van der Waals surface area contributed by atoms with Gasteiger partial charge >= 0.3 is 0 Å². The fraction of sp³-hybridized carbons (Fsp3) is 0.231. The van der Waals surface area contributed by atoms with Gasteiger partial charge in [-0.05, 0) is 17.5 Å². The van der Waals surface area contributed by atoms with Crippen molar-refractivity contribution >= 4 is 28.0 Å². The van der Waals surface area contributed by atoms with Gasteiger partial charge in [0.2, 0.25) is 0 Å². The van der Waals surface area contributed by atoms with Crippen molar-refractivity contribution < 1.29 is 0 Å². The Labute approximate surface area is 105 Å². The molecule has 17 heavy (non-hydrogen) atoms. The summed E-state index contributed by atoms with van der Waals surface area (Å²) >= 11 is 4.92. The van der Waals surface area contributed by atoms with E-state index in [9.17, 15) is 4.79 Å². The summed E-state index contributed by atoms with van der Waals surface area (Å²) in [4.78, 5) is 12.6. The molecule has 0 spiro atoms. The van der Waals surface area contributed by atoms with E-state index < -0.39 is 0 Å². The van der Waals surface area contributed by atoms with Crippen LogP contribution in [0, 0.1) is 5.92 Å². The number of benzene rings is 1. The van der Waals surface area contributed by atoms with Crippen LogP contribution in [-0.4, -0.2) is 9.56 Å². The number of rotatable bonds is 3. The van der Waals surface area contributed by atoms with Crippen molar-refractivity contribution in [1.29, 1.82) is 0 Å². The van der Waals surface area contributed by atoms with E-state index in [1.807, 2.05) is 37.3 Å². The first-order chi connectivity index (χ1) is 8.09. The standard InChI is InChI=1S/C13H14N2OS/c1-9(12(14)17)8-15-7-6-10-4-2-3-5-11(10)13(15)16/h2-7,9H,8H2,1H3,(H2,14,17). The maximum atomic E-state index is 12.2. The predicted molar refractivity (Wildman–Crippen MR) is 74.2 cm³/mol. The molecule has 0 fully saturated rings. The summed E-state index contributed by atoms with van der Waals surface area (Å²) < 4.78 is 1.66. The Balaban J connectivity index is 2.46. The van der Waals surface area contributed by atoms with Crippen LogP contribution in [0.15, 0.2) is 41.3 Å². The second kappa shape index (κ2) is 4.67. The molecular formula is C13H14N2OS. The third kappa shape index (κ3) is 2.36. The van der Waals surface area contributed by atoms with Crippen molar-refractivity contribution in [1.82, 2.24) is 4.57 Å². The van der Waals surface area contributed by atoms with Crippen LogP contribution >= 0.6 is 12.2 Å². The van der Waals surface area contributed by atoms with E-state index >= 15 is 0 Å². The first-order valence-electron chi connectivity index (χ1n) is 5.47. The van der Waals surface area contributed by atoms with Crippen molar-refractivity contribution in [3.05, 3.63) is 46.9 Å². The molecule has 0 radical (unpaired) electrons. The van der Waals surface area contributed by atoms with Gasteiger partial charge in [0.25, 0.3) is 5.56 Å².